The van der Waals surface area contributed by atoms with E-state index in [1.807, 2.05) is 0 Å². The Bertz CT molecular complexity index is 282. The summed E-state index contributed by atoms with van der Waals surface area (Å²) >= 11 is 0. The van der Waals surface area contributed by atoms with Gasteiger partial charge >= 0.3 is 0 Å². The summed E-state index contributed by atoms with van der Waals surface area (Å²) in [6.07, 6.45) is 3.32. The van der Waals surface area contributed by atoms with Crippen LogP contribution in [0.25, 0.3) is 0 Å². The summed E-state index contributed by atoms with van der Waals surface area (Å²) in [7, 11) is -2.93. The normalized spacial score (nSPS) is 22.9. The molecule has 0 aromatic heterocycles. The van der Waals surface area contributed by atoms with Gasteiger partial charge in [-0.2, -0.15) is 0 Å². The highest BCUT2D eigenvalue weighted by molar-refractivity contribution is 7.90. The zero-order valence-corrected chi connectivity index (χ0v) is 10.5. The smallest absolute Gasteiger partial charge is 0.148 e. The molecule has 0 bridgehead atoms. The molecule has 1 saturated heterocycles. The molecule has 1 rings (SSSR count). The number of sulfone groups is 1. The quantitative estimate of drug-likeness (QED) is 0.749. The van der Waals surface area contributed by atoms with Gasteiger partial charge in [-0.05, 0) is 38.4 Å². The third-order valence-electron chi connectivity index (χ3n) is 3.18. The van der Waals surface area contributed by atoms with Crippen LogP contribution in [0, 0.1) is 5.92 Å². The van der Waals surface area contributed by atoms with Crippen molar-refractivity contribution in [1.29, 1.82) is 0 Å². The highest BCUT2D eigenvalue weighted by Gasteiger charge is 2.25. The first-order valence-corrected chi connectivity index (χ1v) is 7.64. The molecule has 4 nitrogen and oxygen atoms in total. The third-order valence-corrected chi connectivity index (χ3v) is 4.17. The SMILES string of the molecule is CCN1CCC(C(N)CS(C)(=O)=O)CC1. The minimum Gasteiger partial charge on any atom is -0.327 e. The third kappa shape index (κ3) is 4.49. The van der Waals surface area contributed by atoms with Crippen molar-refractivity contribution < 1.29 is 8.42 Å². The fourth-order valence-corrected chi connectivity index (χ4v) is 3.15. The molecular weight excluding hydrogens is 212 g/mol. The number of likely N-dealkylation sites (tertiary alicyclic amines) is 1. The van der Waals surface area contributed by atoms with E-state index in [1.165, 1.54) is 6.26 Å². The molecule has 2 N–H and O–H groups in total. The fourth-order valence-electron chi connectivity index (χ4n) is 2.18. The van der Waals surface area contributed by atoms with Crippen LogP contribution < -0.4 is 5.73 Å². The lowest BCUT2D eigenvalue weighted by Crippen LogP contribution is -2.43. The Hall–Kier alpha value is -0.130. The van der Waals surface area contributed by atoms with E-state index in [0.29, 0.717) is 5.92 Å². The van der Waals surface area contributed by atoms with Gasteiger partial charge in [0.15, 0.2) is 0 Å². The Balaban J connectivity index is 2.39. The standard InChI is InChI=1S/C10H22N2O2S/c1-3-12-6-4-9(5-7-12)10(11)8-15(2,13)14/h9-10H,3-8,11H2,1-2H3. The molecule has 1 aliphatic rings. The first-order valence-electron chi connectivity index (χ1n) is 5.58. The summed E-state index contributed by atoms with van der Waals surface area (Å²) in [4.78, 5) is 2.38. The van der Waals surface area contributed by atoms with Gasteiger partial charge in [0.2, 0.25) is 0 Å². The topological polar surface area (TPSA) is 63.4 Å². The van der Waals surface area contributed by atoms with E-state index < -0.39 is 9.84 Å². The van der Waals surface area contributed by atoms with Crippen LogP contribution in [0.4, 0.5) is 0 Å². The van der Waals surface area contributed by atoms with Crippen LogP contribution in [0.3, 0.4) is 0 Å². The van der Waals surface area contributed by atoms with E-state index >= 15 is 0 Å². The van der Waals surface area contributed by atoms with Crippen molar-refractivity contribution in [3.05, 3.63) is 0 Å². The van der Waals surface area contributed by atoms with Crippen molar-refractivity contribution >= 4 is 9.84 Å². The summed E-state index contributed by atoms with van der Waals surface area (Å²) in [6.45, 7) is 5.34. The molecule has 0 radical (unpaired) electrons. The van der Waals surface area contributed by atoms with Gasteiger partial charge in [0.05, 0.1) is 5.75 Å². The molecule has 0 aromatic rings. The van der Waals surface area contributed by atoms with Crippen LogP contribution in [-0.2, 0) is 9.84 Å². The summed E-state index contributed by atoms with van der Waals surface area (Å²) in [5.41, 5.74) is 5.92. The Morgan fingerprint density at radius 3 is 2.33 bits per heavy atom. The largest absolute Gasteiger partial charge is 0.327 e. The summed E-state index contributed by atoms with van der Waals surface area (Å²) in [6, 6.07) is -0.181. The number of piperidine rings is 1. The maximum Gasteiger partial charge on any atom is 0.148 e. The van der Waals surface area contributed by atoms with Crippen LogP contribution in [0.15, 0.2) is 0 Å². The minimum atomic E-state index is -2.93. The van der Waals surface area contributed by atoms with Crippen molar-refractivity contribution in [2.75, 3.05) is 31.6 Å². The van der Waals surface area contributed by atoms with Crippen molar-refractivity contribution in [3.8, 4) is 0 Å². The molecule has 5 heteroatoms. The minimum absolute atomic E-state index is 0.129. The van der Waals surface area contributed by atoms with Gasteiger partial charge in [-0.25, -0.2) is 8.42 Å². The van der Waals surface area contributed by atoms with Gasteiger partial charge in [-0.15, -0.1) is 0 Å². The summed E-state index contributed by atoms with van der Waals surface area (Å²) < 4.78 is 22.2. The van der Waals surface area contributed by atoms with Gasteiger partial charge in [-0.3, -0.25) is 0 Å². The van der Waals surface area contributed by atoms with E-state index in [-0.39, 0.29) is 11.8 Å². The first kappa shape index (κ1) is 12.9. The Labute approximate surface area is 92.7 Å². The molecule has 0 aromatic carbocycles. The summed E-state index contributed by atoms with van der Waals surface area (Å²) in [5, 5.41) is 0. The lowest BCUT2D eigenvalue weighted by molar-refractivity contribution is 0.180. The van der Waals surface area contributed by atoms with E-state index in [4.69, 9.17) is 5.73 Å². The maximum atomic E-state index is 11.1. The monoisotopic (exact) mass is 234 g/mol. The van der Waals surface area contributed by atoms with Gasteiger partial charge in [0, 0.05) is 12.3 Å². The average molecular weight is 234 g/mol. The molecule has 1 fully saturated rings. The Kier molecular flexibility index (Phi) is 4.55. The maximum absolute atomic E-state index is 11.1. The predicted octanol–water partition coefficient (Wildman–Crippen LogP) is 0.0902. The average Bonchev–Trinajstić information content (AvgIpc) is 2.15. The molecule has 0 aliphatic carbocycles. The molecule has 1 unspecified atom stereocenters. The molecule has 90 valence electrons. The highest BCUT2D eigenvalue weighted by atomic mass is 32.2. The van der Waals surface area contributed by atoms with E-state index in [0.717, 1.165) is 32.5 Å². The molecule has 0 amide bonds. The highest BCUT2D eigenvalue weighted by Crippen LogP contribution is 2.20. The molecule has 0 saturated carbocycles. The molecule has 1 heterocycles. The van der Waals surface area contributed by atoms with Gasteiger partial charge < -0.3 is 10.6 Å². The van der Waals surface area contributed by atoms with Crippen molar-refractivity contribution in [2.24, 2.45) is 11.7 Å². The zero-order valence-electron chi connectivity index (χ0n) is 9.65. The van der Waals surface area contributed by atoms with Crippen molar-refractivity contribution in [1.82, 2.24) is 4.90 Å². The number of nitrogens with zero attached hydrogens (tertiary/aromatic N) is 1. The van der Waals surface area contributed by atoms with Crippen LogP contribution in [-0.4, -0.2) is 51.0 Å². The number of nitrogens with two attached hydrogens (primary N) is 1. The van der Waals surface area contributed by atoms with Crippen molar-refractivity contribution in [3.63, 3.8) is 0 Å². The number of rotatable bonds is 4. The molecule has 0 spiro atoms. The van der Waals surface area contributed by atoms with Crippen LogP contribution in [0.2, 0.25) is 0 Å². The predicted molar refractivity (Wildman–Crippen MR) is 62.5 cm³/mol. The van der Waals surface area contributed by atoms with Crippen LogP contribution in [0.5, 0.6) is 0 Å². The van der Waals surface area contributed by atoms with Crippen LogP contribution in [0.1, 0.15) is 19.8 Å². The van der Waals surface area contributed by atoms with Crippen molar-refractivity contribution in [2.45, 2.75) is 25.8 Å². The number of hydrogen-bond acceptors (Lipinski definition) is 4. The Morgan fingerprint density at radius 1 is 1.40 bits per heavy atom. The van der Waals surface area contributed by atoms with Gasteiger partial charge in [-0.1, -0.05) is 6.92 Å². The second-order valence-electron chi connectivity index (χ2n) is 4.53. The lowest BCUT2D eigenvalue weighted by atomic mass is 9.91. The molecule has 1 aliphatic heterocycles. The van der Waals surface area contributed by atoms with Gasteiger partial charge in [0.25, 0.3) is 0 Å². The molecule has 15 heavy (non-hydrogen) atoms. The lowest BCUT2D eigenvalue weighted by Gasteiger charge is -2.33. The number of hydrogen-bond donors (Lipinski definition) is 1. The zero-order chi connectivity index (χ0) is 11.5. The second kappa shape index (κ2) is 5.27. The molecular formula is C10H22N2O2S. The van der Waals surface area contributed by atoms with E-state index in [2.05, 4.69) is 11.8 Å². The second-order valence-corrected chi connectivity index (χ2v) is 6.71. The molecule has 1 atom stereocenters. The fraction of sp³-hybridized carbons (Fsp3) is 1.00. The van der Waals surface area contributed by atoms with E-state index in [9.17, 15) is 8.42 Å². The Morgan fingerprint density at radius 2 is 1.93 bits per heavy atom. The first-order chi connectivity index (χ1) is 6.92. The summed E-state index contributed by atoms with van der Waals surface area (Å²) in [5.74, 6) is 0.506. The van der Waals surface area contributed by atoms with Gasteiger partial charge in [0.1, 0.15) is 9.84 Å². The van der Waals surface area contributed by atoms with Crippen LogP contribution >= 0.6 is 0 Å². The van der Waals surface area contributed by atoms with E-state index in [1.54, 1.807) is 0 Å².